The van der Waals surface area contributed by atoms with Gasteiger partial charge in [-0.3, -0.25) is 0 Å². The number of unbranched alkanes of at least 4 members (excludes halogenated alkanes) is 3. The number of epoxide rings is 1. The SMILES string of the molecule is CCCCC/C=C/c1ccc(OCC2CO2)cc1. The predicted molar refractivity (Wildman–Crippen MR) is 74.9 cm³/mol. The molecular weight excluding hydrogens is 224 g/mol. The van der Waals surface area contributed by atoms with E-state index in [-0.39, 0.29) is 0 Å². The number of ether oxygens (including phenoxy) is 2. The molecule has 0 N–H and O–H groups in total. The van der Waals surface area contributed by atoms with Gasteiger partial charge >= 0.3 is 0 Å². The minimum absolute atomic E-state index is 0.322. The van der Waals surface area contributed by atoms with Gasteiger partial charge in [-0.2, -0.15) is 0 Å². The van der Waals surface area contributed by atoms with Crippen LogP contribution in [0.4, 0.5) is 0 Å². The van der Waals surface area contributed by atoms with Gasteiger partial charge in [-0.15, -0.1) is 0 Å². The van der Waals surface area contributed by atoms with Gasteiger partial charge in [0.15, 0.2) is 0 Å². The molecule has 1 aliphatic rings. The fraction of sp³-hybridized carbons (Fsp3) is 0.500. The van der Waals surface area contributed by atoms with Crippen molar-refractivity contribution in [2.75, 3.05) is 13.2 Å². The van der Waals surface area contributed by atoms with Crippen molar-refractivity contribution in [1.82, 2.24) is 0 Å². The molecular formula is C16H22O2. The maximum absolute atomic E-state index is 5.59. The van der Waals surface area contributed by atoms with Gasteiger partial charge in [0.05, 0.1) is 6.61 Å². The Morgan fingerprint density at radius 2 is 2.06 bits per heavy atom. The molecule has 1 aromatic rings. The van der Waals surface area contributed by atoms with E-state index in [1.807, 2.05) is 12.1 Å². The normalized spacial score (nSPS) is 18.2. The number of benzene rings is 1. The van der Waals surface area contributed by atoms with Crippen molar-refractivity contribution in [1.29, 1.82) is 0 Å². The summed E-state index contributed by atoms with van der Waals surface area (Å²) in [5, 5.41) is 0. The van der Waals surface area contributed by atoms with Crippen molar-refractivity contribution in [3.8, 4) is 5.75 Å². The molecule has 0 amide bonds. The second-order valence-electron chi connectivity index (χ2n) is 4.73. The topological polar surface area (TPSA) is 21.8 Å². The molecule has 1 aliphatic heterocycles. The molecule has 0 bridgehead atoms. The monoisotopic (exact) mass is 246 g/mol. The van der Waals surface area contributed by atoms with Crippen molar-refractivity contribution >= 4 is 6.08 Å². The molecule has 18 heavy (non-hydrogen) atoms. The zero-order chi connectivity index (χ0) is 12.6. The largest absolute Gasteiger partial charge is 0.491 e. The molecule has 2 rings (SSSR count). The molecule has 2 heteroatoms. The van der Waals surface area contributed by atoms with E-state index in [1.54, 1.807) is 0 Å². The van der Waals surface area contributed by atoms with Crippen LogP contribution in [-0.4, -0.2) is 19.3 Å². The molecule has 0 saturated carbocycles. The van der Waals surface area contributed by atoms with Gasteiger partial charge in [0.1, 0.15) is 18.5 Å². The molecule has 2 nitrogen and oxygen atoms in total. The summed E-state index contributed by atoms with van der Waals surface area (Å²) in [5.41, 5.74) is 1.24. The molecule has 1 unspecified atom stereocenters. The lowest BCUT2D eigenvalue weighted by molar-refractivity contribution is 0.263. The van der Waals surface area contributed by atoms with Crippen LogP contribution in [0, 0.1) is 0 Å². The van der Waals surface area contributed by atoms with Crippen molar-refractivity contribution in [3.63, 3.8) is 0 Å². The minimum atomic E-state index is 0.322. The Kier molecular flexibility index (Phi) is 5.28. The lowest BCUT2D eigenvalue weighted by Gasteiger charge is -2.03. The zero-order valence-corrected chi connectivity index (χ0v) is 11.1. The quantitative estimate of drug-likeness (QED) is 0.509. The number of hydrogen-bond donors (Lipinski definition) is 0. The Balaban J connectivity index is 1.72. The smallest absolute Gasteiger partial charge is 0.119 e. The Bertz CT molecular complexity index is 363. The van der Waals surface area contributed by atoms with Crippen LogP contribution < -0.4 is 4.74 Å². The van der Waals surface area contributed by atoms with E-state index in [0.29, 0.717) is 12.7 Å². The summed E-state index contributed by atoms with van der Waals surface area (Å²) in [6.07, 6.45) is 9.82. The van der Waals surface area contributed by atoms with Gasteiger partial charge in [-0.1, -0.05) is 44.1 Å². The van der Waals surface area contributed by atoms with Crippen LogP contribution in [-0.2, 0) is 4.74 Å². The maximum atomic E-state index is 5.59. The molecule has 98 valence electrons. The first-order chi connectivity index (χ1) is 8.88. The molecule has 1 fully saturated rings. The summed E-state index contributed by atoms with van der Waals surface area (Å²) in [5.74, 6) is 0.925. The molecule has 1 heterocycles. The number of allylic oxidation sites excluding steroid dienone is 1. The zero-order valence-electron chi connectivity index (χ0n) is 11.1. The van der Waals surface area contributed by atoms with Crippen LogP contribution in [0.5, 0.6) is 5.75 Å². The van der Waals surface area contributed by atoms with Gasteiger partial charge in [0.2, 0.25) is 0 Å². The highest BCUT2D eigenvalue weighted by atomic mass is 16.6. The third-order valence-corrected chi connectivity index (χ3v) is 3.00. The second-order valence-corrected chi connectivity index (χ2v) is 4.73. The van der Waals surface area contributed by atoms with Crippen molar-refractivity contribution in [2.45, 2.75) is 38.7 Å². The van der Waals surface area contributed by atoms with Gasteiger partial charge < -0.3 is 9.47 Å². The van der Waals surface area contributed by atoms with Gasteiger partial charge in [-0.25, -0.2) is 0 Å². The number of hydrogen-bond acceptors (Lipinski definition) is 2. The molecule has 1 saturated heterocycles. The number of rotatable bonds is 8. The van der Waals surface area contributed by atoms with Crippen LogP contribution in [0.3, 0.4) is 0 Å². The molecule has 1 atom stereocenters. The Hall–Kier alpha value is -1.28. The standard InChI is InChI=1S/C16H22O2/c1-2-3-4-5-6-7-14-8-10-15(11-9-14)17-12-16-13-18-16/h6-11,16H,2-5,12-13H2,1H3/b7-6+. The van der Waals surface area contributed by atoms with Crippen molar-refractivity contribution < 1.29 is 9.47 Å². The van der Waals surface area contributed by atoms with Crippen LogP contribution in [0.15, 0.2) is 30.3 Å². The lowest BCUT2D eigenvalue weighted by atomic mass is 10.1. The molecule has 0 spiro atoms. The third-order valence-electron chi connectivity index (χ3n) is 3.00. The van der Waals surface area contributed by atoms with Crippen LogP contribution in [0.25, 0.3) is 6.08 Å². The highest BCUT2D eigenvalue weighted by Gasteiger charge is 2.22. The fourth-order valence-corrected chi connectivity index (χ4v) is 1.76. The summed E-state index contributed by atoms with van der Waals surface area (Å²) >= 11 is 0. The van der Waals surface area contributed by atoms with E-state index in [2.05, 4.69) is 31.2 Å². The third kappa shape index (κ3) is 4.92. The van der Waals surface area contributed by atoms with Crippen LogP contribution in [0.2, 0.25) is 0 Å². The van der Waals surface area contributed by atoms with E-state index in [4.69, 9.17) is 9.47 Å². The first-order valence-corrected chi connectivity index (χ1v) is 6.89. The Morgan fingerprint density at radius 3 is 2.72 bits per heavy atom. The highest BCUT2D eigenvalue weighted by molar-refractivity contribution is 5.50. The van der Waals surface area contributed by atoms with E-state index < -0.39 is 0 Å². The average molecular weight is 246 g/mol. The Labute approximate surface area is 110 Å². The van der Waals surface area contributed by atoms with Crippen LogP contribution >= 0.6 is 0 Å². The minimum Gasteiger partial charge on any atom is -0.491 e. The molecule has 0 aliphatic carbocycles. The average Bonchev–Trinajstić information content (AvgIpc) is 3.22. The van der Waals surface area contributed by atoms with Crippen molar-refractivity contribution in [3.05, 3.63) is 35.9 Å². The second kappa shape index (κ2) is 7.22. The fourth-order valence-electron chi connectivity index (χ4n) is 1.76. The summed E-state index contributed by atoms with van der Waals surface area (Å²) in [7, 11) is 0. The summed E-state index contributed by atoms with van der Waals surface area (Å²) in [6.45, 7) is 3.75. The summed E-state index contributed by atoms with van der Waals surface area (Å²) < 4.78 is 10.7. The van der Waals surface area contributed by atoms with Gasteiger partial charge in [0, 0.05) is 0 Å². The first-order valence-electron chi connectivity index (χ1n) is 6.89. The van der Waals surface area contributed by atoms with E-state index >= 15 is 0 Å². The van der Waals surface area contributed by atoms with Gasteiger partial charge in [0.25, 0.3) is 0 Å². The maximum Gasteiger partial charge on any atom is 0.119 e. The lowest BCUT2D eigenvalue weighted by Crippen LogP contribution is -2.03. The summed E-state index contributed by atoms with van der Waals surface area (Å²) in [6, 6.07) is 8.24. The van der Waals surface area contributed by atoms with Gasteiger partial charge in [-0.05, 0) is 30.5 Å². The van der Waals surface area contributed by atoms with Crippen LogP contribution in [0.1, 0.15) is 38.2 Å². The Morgan fingerprint density at radius 1 is 1.28 bits per heavy atom. The highest BCUT2D eigenvalue weighted by Crippen LogP contribution is 2.16. The first kappa shape index (κ1) is 13.2. The van der Waals surface area contributed by atoms with E-state index in [9.17, 15) is 0 Å². The summed E-state index contributed by atoms with van der Waals surface area (Å²) in [4.78, 5) is 0. The molecule has 0 radical (unpaired) electrons. The van der Waals surface area contributed by atoms with E-state index in [1.165, 1.54) is 31.2 Å². The predicted octanol–water partition coefficient (Wildman–Crippen LogP) is 4.06. The molecule has 0 aromatic heterocycles. The molecule has 1 aromatic carbocycles. The van der Waals surface area contributed by atoms with Crippen molar-refractivity contribution in [2.24, 2.45) is 0 Å². The van der Waals surface area contributed by atoms with E-state index in [0.717, 1.165) is 12.4 Å².